The lowest BCUT2D eigenvalue weighted by Gasteiger charge is -2.42. The molecular formula is C30H40F4N4O. The van der Waals surface area contributed by atoms with Crippen molar-refractivity contribution in [2.24, 2.45) is 5.92 Å². The minimum absolute atomic E-state index is 0.0469. The number of halogens is 4. The predicted molar refractivity (Wildman–Crippen MR) is 149 cm³/mol. The first-order chi connectivity index (χ1) is 18.9. The van der Waals surface area contributed by atoms with Crippen LogP contribution < -0.4 is 5.32 Å². The number of hydrogen-bond donors (Lipinski definition) is 3. The van der Waals surface area contributed by atoms with Gasteiger partial charge < -0.3 is 15.4 Å². The monoisotopic (exact) mass is 548 g/mol. The van der Waals surface area contributed by atoms with Crippen molar-refractivity contribution in [3.8, 4) is 0 Å². The Bertz CT molecular complexity index is 1200. The average Bonchev–Trinajstić information content (AvgIpc) is 3.28. The molecule has 2 aliphatic heterocycles. The molecule has 3 unspecified atom stereocenters. The minimum atomic E-state index is -0.791. The second kappa shape index (κ2) is 13.2. The van der Waals surface area contributed by atoms with Crippen molar-refractivity contribution in [1.29, 1.82) is 0 Å². The molecule has 3 aromatic rings. The van der Waals surface area contributed by atoms with Crippen LogP contribution in [0.1, 0.15) is 50.1 Å². The molecule has 0 amide bonds. The molecule has 1 fully saturated rings. The Morgan fingerprint density at radius 3 is 2.44 bits per heavy atom. The minimum Gasteiger partial charge on any atom is -0.396 e. The highest BCUT2D eigenvalue weighted by atomic mass is 19.1. The van der Waals surface area contributed by atoms with Crippen molar-refractivity contribution >= 4 is 16.6 Å². The van der Waals surface area contributed by atoms with Crippen LogP contribution in [0.4, 0.5) is 23.2 Å². The molecule has 9 heteroatoms. The zero-order valence-electron chi connectivity index (χ0n) is 23.0. The number of nitrogens with one attached hydrogen (secondary N) is 2. The third-order valence-electron chi connectivity index (χ3n) is 7.75. The van der Waals surface area contributed by atoms with Gasteiger partial charge in [-0.2, -0.15) is 0 Å². The molecule has 214 valence electrons. The SMILES string of the molecule is CC.CC1Cc2c([nH]c3ccccc23)C(c2c(F)cc(NC3CN(CCCF)C3)cc2F)N1CC(CO)CF. The molecule has 1 saturated heterocycles. The standard InChI is InChI=1S/C28H34F4N4O.C2H6/c1-17-9-22-21-5-2-3-6-25(21)34-27(22)28(36(17)13-18(12-30)16-37)26-23(31)10-19(11-24(26)32)33-20-14-35(15-20)8-4-7-29;1-2/h2-3,5-6,10-11,17-18,20,28,33-34,37H,4,7-9,12-16H2,1H3;1-2H3. The first-order valence-corrected chi connectivity index (χ1v) is 14.0. The van der Waals surface area contributed by atoms with E-state index >= 15 is 8.78 Å². The van der Waals surface area contributed by atoms with Crippen LogP contribution in [0, 0.1) is 17.6 Å². The van der Waals surface area contributed by atoms with Crippen LogP contribution in [-0.4, -0.2) is 78.1 Å². The maximum absolute atomic E-state index is 15.8. The summed E-state index contributed by atoms with van der Waals surface area (Å²) in [5, 5.41) is 13.9. The predicted octanol–water partition coefficient (Wildman–Crippen LogP) is 5.84. The van der Waals surface area contributed by atoms with Gasteiger partial charge in [-0.25, -0.2) is 8.78 Å². The Hall–Kier alpha value is -2.62. The average molecular weight is 549 g/mol. The molecule has 0 bridgehead atoms. The van der Waals surface area contributed by atoms with Gasteiger partial charge in [0.2, 0.25) is 0 Å². The molecule has 3 N–H and O–H groups in total. The molecule has 0 aliphatic carbocycles. The molecule has 2 aromatic carbocycles. The van der Waals surface area contributed by atoms with Gasteiger partial charge in [0.15, 0.2) is 0 Å². The summed E-state index contributed by atoms with van der Waals surface area (Å²) in [5.41, 5.74) is 2.87. The number of nitrogens with zero attached hydrogens (tertiary/aromatic N) is 2. The Morgan fingerprint density at radius 2 is 1.79 bits per heavy atom. The van der Waals surface area contributed by atoms with E-state index in [1.807, 2.05) is 49.9 Å². The van der Waals surface area contributed by atoms with Crippen molar-refractivity contribution < 1.29 is 22.7 Å². The molecule has 2 aliphatic rings. The van der Waals surface area contributed by atoms with Crippen molar-refractivity contribution in [1.82, 2.24) is 14.8 Å². The van der Waals surface area contributed by atoms with E-state index < -0.39 is 30.3 Å². The van der Waals surface area contributed by atoms with E-state index in [1.165, 1.54) is 12.1 Å². The molecular weight excluding hydrogens is 508 g/mol. The van der Waals surface area contributed by atoms with Crippen LogP contribution in [0.25, 0.3) is 10.9 Å². The summed E-state index contributed by atoms with van der Waals surface area (Å²) in [7, 11) is 0. The number of likely N-dealkylation sites (tertiary alicyclic amines) is 1. The van der Waals surface area contributed by atoms with Crippen molar-refractivity contribution in [3.63, 3.8) is 0 Å². The fourth-order valence-corrected chi connectivity index (χ4v) is 5.85. The van der Waals surface area contributed by atoms with E-state index in [9.17, 15) is 13.9 Å². The maximum Gasteiger partial charge on any atom is 0.133 e. The second-order valence-electron chi connectivity index (χ2n) is 10.4. The van der Waals surface area contributed by atoms with Crippen molar-refractivity contribution in [2.45, 2.75) is 51.7 Å². The number of aliphatic hydroxyl groups is 1. The molecule has 3 atom stereocenters. The number of alkyl halides is 2. The van der Waals surface area contributed by atoms with Crippen LogP contribution in [0.15, 0.2) is 36.4 Å². The van der Waals surface area contributed by atoms with Crippen molar-refractivity contribution in [2.75, 3.05) is 51.5 Å². The summed E-state index contributed by atoms with van der Waals surface area (Å²) in [6.07, 6.45) is 1.13. The van der Waals surface area contributed by atoms with Gasteiger partial charge in [0.05, 0.1) is 25.4 Å². The highest BCUT2D eigenvalue weighted by Crippen LogP contribution is 2.43. The van der Waals surface area contributed by atoms with E-state index in [4.69, 9.17) is 0 Å². The highest BCUT2D eigenvalue weighted by molar-refractivity contribution is 5.85. The van der Waals surface area contributed by atoms with Crippen LogP contribution in [-0.2, 0) is 6.42 Å². The largest absolute Gasteiger partial charge is 0.396 e. The van der Waals surface area contributed by atoms with Gasteiger partial charge in [-0.3, -0.25) is 18.6 Å². The molecule has 0 radical (unpaired) electrons. The zero-order valence-corrected chi connectivity index (χ0v) is 23.0. The number of aromatic amines is 1. The fraction of sp³-hybridized carbons (Fsp3) is 0.533. The van der Waals surface area contributed by atoms with E-state index in [-0.39, 0.29) is 37.5 Å². The van der Waals surface area contributed by atoms with Crippen LogP contribution in [0.5, 0.6) is 0 Å². The summed E-state index contributed by atoms with van der Waals surface area (Å²) in [6.45, 7) is 6.79. The van der Waals surface area contributed by atoms with Gasteiger partial charge in [0, 0.05) is 72.6 Å². The fourth-order valence-electron chi connectivity index (χ4n) is 5.85. The lowest BCUT2D eigenvalue weighted by atomic mass is 9.87. The molecule has 0 saturated carbocycles. The summed E-state index contributed by atoms with van der Waals surface area (Å²) in [6, 6.07) is 9.55. The number of H-pyrrole nitrogens is 1. The lowest BCUT2D eigenvalue weighted by Crippen LogP contribution is -2.54. The van der Waals surface area contributed by atoms with Crippen LogP contribution in [0.2, 0.25) is 0 Å². The van der Waals surface area contributed by atoms with Gasteiger partial charge in [-0.15, -0.1) is 0 Å². The van der Waals surface area contributed by atoms with E-state index in [0.717, 1.165) is 16.5 Å². The molecule has 1 aromatic heterocycles. The number of anilines is 1. The summed E-state index contributed by atoms with van der Waals surface area (Å²) in [5.74, 6) is -2.00. The topological polar surface area (TPSA) is 54.5 Å². The first kappa shape index (κ1) is 29.4. The van der Waals surface area contributed by atoms with E-state index in [2.05, 4.69) is 15.2 Å². The van der Waals surface area contributed by atoms with Crippen LogP contribution >= 0.6 is 0 Å². The first-order valence-electron chi connectivity index (χ1n) is 14.0. The van der Waals surface area contributed by atoms with E-state index in [0.29, 0.717) is 43.9 Å². The Kier molecular flexibility index (Phi) is 9.91. The van der Waals surface area contributed by atoms with Crippen LogP contribution in [0.3, 0.4) is 0 Å². The van der Waals surface area contributed by atoms with Gasteiger partial charge in [0.25, 0.3) is 0 Å². The van der Waals surface area contributed by atoms with Gasteiger partial charge in [-0.1, -0.05) is 32.0 Å². The summed E-state index contributed by atoms with van der Waals surface area (Å²) >= 11 is 0. The van der Waals surface area contributed by atoms with Crippen molar-refractivity contribution in [3.05, 3.63) is 64.9 Å². The maximum atomic E-state index is 15.8. The normalized spacial score (nSPS) is 20.7. The van der Waals surface area contributed by atoms with Gasteiger partial charge in [-0.05, 0) is 43.5 Å². The smallest absolute Gasteiger partial charge is 0.133 e. The number of aliphatic hydroxyl groups excluding tert-OH is 1. The quantitative estimate of drug-likeness (QED) is 0.279. The lowest BCUT2D eigenvalue weighted by molar-refractivity contribution is 0.0845. The number of benzene rings is 2. The molecule has 3 heterocycles. The van der Waals surface area contributed by atoms with E-state index in [1.54, 1.807) is 0 Å². The Morgan fingerprint density at radius 1 is 1.10 bits per heavy atom. The molecule has 5 nitrogen and oxygen atoms in total. The highest BCUT2D eigenvalue weighted by Gasteiger charge is 2.39. The second-order valence-corrected chi connectivity index (χ2v) is 10.4. The number of aromatic nitrogens is 1. The molecule has 0 spiro atoms. The number of hydrogen-bond acceptors (Lipinski definition) is 4. The third-order valence-corrected chi connectivity index (χ3v) is 7.75. The Labute approximate surface area is 228 Å². The zero-order chi connectivity index (χ0) is 28.1. The van der Waals surface area contributed by atoms with Gasteiger partial charge in [0.1, 0.15) is 11.6 Å². The molecule has 39 heavy (non-hydrogen) atoms. The summed E-state index contributed by atoms with van der Waals surface area (Å²) < 4.78 is 57.6. The number of rotatable bonds is 10. The molecule has 5 rings (SSSR count). The van der Waals surface area contributed by atoms with Gasteiger partial charge >= 0.3 is 0 Å². The number of para-hydroxylation sites is 1. The third kappa shape index (κ3) is 6.10. The Balaban J connectivity index is 0.00000172. The summed E-state index contributed by atoms with van der Waals surface area (Å²) in [4.78, 5) is 7.39. The number of fused-ring (bicyclic) bond motifs is 3.